The lowest BCUT2D eigenvalue weighted by Gasteiger charge is -2.42. The van der Waals surface area contributed by atoms with Crippen molar-refractivity contribution in [3.63, 3.8) is 0 Å². The van der Waals surface area contributed by atoms with E-state index in [0.717, 1.165) is 30.3 Å². The highest BCUT2D eigenvalue weighted by atomic mass is 14.4. The van der Waals surface area contributed by atoms with Gasteiger partial charge in [0.2, 0.25) is 0 Å². The Labute approximate surface area is 425 Å². The molecule has 390 valence electrons. The van der Waals surface area contributed by atoms with Crippen LogP contribution < -0.4 is 0 Å². The molecule has 0 nitrogen and oxygen atoms in total. The highest BCUT2D eigenvalue weighted by Crippen LogP contribution is 2.49. The molecule has 0 aromatic heterocycles. The van der Waals surface area contributed by atoms with Crippen molar-refractivity contribution < 1.29 is 0 Å². The molecule has 5 unspecified atom stereocenters. The Morgan fingerprint density at radius 3 is 1.49 bits per heavy atom. The topological polar surface area (TPSA) is 0 Å². The third-order valence-corrected chi connectivity index (χ3v) is 13.0. The van der Waals surface area contributed by atoms with Crippen molar-refractivity contribution in [1.82, 2.24) is 0 Å². The van der Waals surface area contributed by atoms with Crippen LogP contribution in [0, 0.1) is 51.8 Å². The molecular weight excluding hydrogens is 805 g/mol. The molecule has 1 aromatic carbocycles. The second-order valence-corrected chi connectivity index (χ2v) is 23.1. The normalized spacial score (nSPS) is 16.5. The molecule has 0 aliphatic heterocycles. The predicted molar refractivity (Wildman–Crippen MR) is 316 cm³/mol. The fraction of sp³-hybridized carbons (Fsp3) is 0.701. The molecule has 0 N–H and O–H groups in total. The predicted octanol–water partition coefficient (Wildman–Crippen LogP) is 23.2. The molecule has 0 heterocycles. The third-order valence-electron chi connectivity index (χ3n) is 13.0. The van der Waals surface area contributed by atoms with Crippen LogP contribution in [-0.2, 0) is 12.8 Å². The Morgan fingerprint density at radius 1 is 0.672 bits per heavy atom. The summed E-state index contributed by atoms with van der Waals surface area (Å²) in [6, 6.07) is 8.97. The van der Waals surface area contributed by atoms with E-state index in [9.17, 15) is 0 Å². The minimum absolute atomic E-state index is 0.299. The molecular formula is C67H122. The van der Waals surface area contributed by atoms with Gasteiger partial charge in [0.1, 0.15) is 0 Å². The molecule has 0 bridgehead atoms. The van der Waals surface area contributed by atoms with Crippen LogP contribution in [0.25, 0.3) is 0 Å². The van der Waals surface area contributed by atoms with E-state index in [4.69, 9.17) is 0 Å². The lowest BCUT2D eigenvalue weighted by atomic mass is 9.63. The zero-order valence-electron chi connectivity index (χ0n) is 49.7. The van der Waals surface area contributed by atoms with Crippen molar-refractivity contribution in [1.29, 1.82) is 0 Å². The van der Waals surface area contributed by atoms with Crippen molar-refractivity contribution in [2.45, 2.75) is 254 Å². The van der Waals surface area contributed by atoms with Gasteiger partial charge >= 0.3 is 0 Å². The zero-order valence-corrected chi connectivity index (χ0v) is 49.7. The number of rotatable bonds is 23. The summed E-state index contributed by atoms with van der Waals surface area (Å²) in [6.07, 6.45) is 22.7. The molecule has 1 aromatic rings. The largest absolute Gasteiger partial charge is 0.106 e. The first-order valence-corrected chi connectivity index (χ1v) is 27.9. The number of aryl methyl sites for hydroxylation is 2. The number of benzene rings is 1. The summed E-state index contributed by atoms with van der Waals surface area (Å²) in [7, 11) is 0. The van der Waals surface area contributed by atoms with Gasteiger partial charge in [0.05, 0.1) is 0 Å². The monoisotopic (exact) mass is 927 g/mol. The van der Waals surface area contributed by atoms with Crippen LogP contribution in [-0.4, -0.2) is 0 Å². The summed E-state index contributed by atoms with van der Waals surface area (Å²) < 4.78 is 0. The van der Waals surface area contributed by atoms with Crippen LogP contribution in [0.15, 0.2) is 110 Å². The van der Waals surface area contributed by atoms with E-state index in [1.54, 1.807) is 0 Å². The van der Waals surface area contributed by atoms with Crippen molar-refractivity contribution in [2.75, 3.05) is 0 Å². The van der Waals surface area contributed by atoms with E-state index in [1.807, 2.05) is 27.7 Å². The smallest absolute Gasteiger partial charge is 0.00998 e. The maximum atomic E-state index is 4.65. The molecule has 2 saturated carbocycles. The SMILES string of the molecule is C=C.C=C(C)CC(CCC)(CCC)CC(C(=C)C)C(C)(C)C.C=C(CCc1ccccc1CCC)CC1CCC(C(=C)C(C)C(CC2CC2)C(=C)C(=C)C)C1.CC.CC.CC(C)(C)C.CCC. The Bertz CT molecular complexity index is 1460. The Balaban J connectivity index is -0.000000496. The van der Waals surface area contributed by atoms with E-state index >= 15 is 0 Å². The molecule has 67 heavy (non-hydrogen) atoms. The fourth-order valence-corrected chi connectivity index (χ4v) is 9.97. The average Bonchev–Trinajstić information content (AvgIpc) is 3.96. The van der Waals surface area contributed by atoms with Gasteiger partial charge < -0.3 is 0 Å². The first kappa shape index (κ1) is 71.0. The number of allylic oxidation sites excluding steroid dienone is 6. The van der Waals surface area contributed by atoms with Gasteiger partial charge in [-0.05, 0) is 166 Å². The van der Waals surface area contributed by atoms with Crippen molar-refractivity contribution >= 4 is 0 Å². The molecule has 0 spiro atoms. The van der Waals surface area contributed by atoms with Crippen LogP contribution in [0.4, 0.5) is 0 Å². The minimum atomic E-state index is 0.299. The maximum absolute atomic E-state index is 4.65. The van der Waals surface area contributed by atoms with Gasteiger partial charge in [-0.25, -0.2) is 0 Å². The standard InChI is InChI=1S/C33H48.C20H38.C5H12.C3H8.2C2H6.C2H4/c1-8-11-30-12-9-10-13-31(30)18-14-24(4)20-29-17-19-32(21-29)26(6)27(7)33(22-28-15-16-28)25(5)23(2)3;1-10-12-20(13-11-2,14-16(3)4)15-18(17(5)6)19(7,8)9;1-5(2,3)4;1-3-2;3*1-2/h9-10,12-13,27-29,32-33H,2,4-6,8,11,14-22H2,1,3,7H3;18H,3,5,10-15H2,1-2,4,6-9H3;1-4H3;3H2,1-2H3;2*1-2H3;1-2H2. The van der Waals surface area contributed by atoms with Crippen molar-refractivity contribution in [3.05, 3.63) is 121 Å². The molecule has 0 heteroatoms. The summed E-state index contributed by atoms with van der Waals surface area (Å²) in [5, 5.41) is 0. The van der Waals surface area contributed by atoms with E-state index in [2.05, 4.69) is 188 Å². The minimum Gasteiger partial charge on any atom is -0.106 e. The molecule has 2 aliphatic rings. The quantitative estimate of drug-likeness (QED) is 0.0758. The lowest BCUT2D eigenvalue weighted by molar-refractivity contribution is 0.130. The fourth-order valence-electron chi connectivity index (χ4n) is 9.97. The molecule has 3 rings (SSSR count). The van der Waals surface area contributed by atoms with E-state index in [0.29, 0.717) is 39.9 Å². The van der Waals surface area contributed by atoms with E-state index < -0.39 is 0 Å². The van der Waals surface area contributed by atoms with Gasteiger partial charge in [-0.2, -0.15) is 0 Å². The molecule has 0 saturated heterocycles. The highest BCUT2D eigenvalue weighted by molar-refractivity contribution is 5.30. The molecule has 0 amide bonds. The zero-order chi connectivity index (χ0) is 53.1. The summed E-state index contributed by atoms with van der Waals surface area (Å²) in [5.74, 6) is 3.99. The van der Waals surface area contributed by atoms with Crippen LogP contribution >= 0.6 is 0 Å². The van der Waals surface area contributed by atoms with Crippen LogP contribution in [0.5, 0.6) is 0 Å². The Kier molecular flexibility index (Phi) is 41.5. The molecule has 2 aliphatic carbocycles. The number of hydrogen-bond acceptors (Lipinski definition) is 0. The second-order valence-electron chi connectivity index (χ2n) is 23.1. The Morgan fingerprint density at radius 2 is 1.12 bits per heavy atom. The Hall–Kier alpha value is -2.60. The third kappa shape index (κ3) is 33.6. The van der Waals surface area contributed by atoms with E-state index in [-0.39, 0.29) is 0 Å². The summed E-state index contributed by atoms with van der Waals surface area (Å²) in [6.45, 7) is 76.1. The van der Waals surface area contributed by atoms with Gasteiger partial charge in [-0.1, -0.05) is 241 Å². The molecule has 5 atom stereocenters. The van der Waals surface area contributed by atoms with Crippen LogP contribution in [0.2, 0.25) is 0 Å². The van der Waals surface area contributed by atoms with Gasteiger partial charge in [0, 0.05) is 0 Å². The van der Waals surface area contributed by atoms with Crippen LogP contribution in [0.3, 0.4) is 0 Å². The molecule has 2 fully saturated rings. The van der Waals surface area contributed by atoms with Crippen LogP contribution in [0.1, 0.15) is 252 Å². The summed E-state index contributed by atoms with van der Waals surface area (Å²) in [4.78, 5) is 0. The van der Waals surface area contributed by atoms with Crippen molar-refractivity contribution in [3.8, 4) is 0 Å². The van der Waals surface area contributed by atoms with Crippen molar-refractivity contribution in [2.24, 2.45) is 51.8 Å². The molecule has 0 radical (unpaired) electrons. The van der Waals surface area contributed by atoms with E-state index in [1.165, 1.54) is 142 Å². The lowest BCUT2D eigenvalue weighted by Crippen LogP contribution is -2.31. The van der Waals surface area contributed by atoms with Gasteiger partial charge in [-0.3, -0.25) is 0 Å². The second kappa shape index (κ2) is 39.2. The first-order chi connectivity index (χ1) is 31.3. The number of hydrogen-bond donors (Lipinski definition) is 0. The summed E-state index contributed by atoms with van der Waals surface area (Å²) >= 11 is 0. The average molecular weight is 928 g/mol. The maximum Gasteiger partial charge on any atom is -0.00998 e. The van der Waals surface area contributed by atoms with Gasteiger partial charge in [0.25, 0.3) is 0 Å². The summed E-state index contributed by atoms with van der Waals surface area (Å²) in [5.41, 5.74) is 12.3. The van der Waals surface area contributed by atoms with Gasteiger partial charge in [0.15, 0.2) is 0 Å². The highest BCUT2D eigenvalue weighted by Gasteiger charge is 2.37. The van der Waals surface area contributed by atoms with Gasteiger partial charge in [-0.15, -0.1) is 19.7 Å². The first-order valence-electron chi connectivity index (χ1n) is 27.9.